The third-order valence-corrected chi connectivity index (χ3v) is 2.55. The molecule has 82 valence electrons. The summed E-state index contributed by atoms with van der Waals surface area (Å²) < 4.78 is 0. The Labute approximate surface area is 88.1 Å². The Kier molecular flexibility index (Phi) is 7.23. The zero-order valence-corrected chi connectivity index (χ0v) is 9.32. The normalized spacial score (nSPS) is 11.9. The molecule has 0 spiro atoms. The van der Waals surface area contributed by atoms with Crippen LogP contribution in [0.5, 0.6) is 0 Å². The first kappa shape index (κ1) is 13.2. The molecule has 4 N–H and O–H groups in total. The summed E-state index contributed by atoms with van der Waals surface area (Å²) in [5, 5.41) is 2.55. The summed E-state index contributed by atoms with van der Waals surface area (Å²) in [6.45, 7) is 3.94. The van der Waals surface area contributed by atoms with Crippen molar-refractivity contribution in [2.45, 2.75) is 26.3 Å². The van der Waals surface area contributed by atoms with Gasteiger partial charge in [0.2, 0.25) is 0 Å². The van der Waals surface area contributed by atoms with Crippen molar-refractivity contribution in [2.24, 2.45) is 5.84 Å². The zero-order chi connectivity index (χ0) is 11.0. The van der Waals surface area contributed by atoms with Crippen molar-refractivity contribution >= 4 is 23.6 Å². The number of hydrogen-bond acceptors (Lipinski definition) is 4. The predicted molar refractivity (Wildman–Crippen MR) is 57.6 cm³/mol. The van der Waals surface area contributed by atoms with E-state index in [2.05, 4.69) is 12.2 Å². The maximum atomic E-state index is 11.0. The third kappa shape index (κ3) is 5.82. The first-order valence-electron chi connectivity index (χ1n) is 4.51. The molecule has 0 aliphatic heterocycles. The first-order valence-corrected chi connectivity index (χ1v) is 5.66. The number of carbonyl (C=O) groups is 2. The molecular weight excluding hydrogens is 202 g/mol. The van der Waals surface area contributed by atoms with E-state index in [4.69, 9.17) is 5.84 Å². The van der Waals surface area contributed by atoms with Crippen LogP contribution in [0.15, 0.2) is 0 Å². The van der Waals surface area contributed by atoms with Crippen LogP contribution in [0, 0.1) is 0 Å². The number of nitrogens with two attached hydrogens (primary N) is 1. The molecule has 0 saturated heterocycles. The minimum atomic E-state index is -0.806. The molecule has 0 radical (unpaired) electrons. The van der Waals surface area contributed by atoms with Gasteiger partial charge in [-0.15, -0.1) is 0 Å². The molecule has 0 aliphatic carbocycles. The average molecular weight is 219 g/mol. The maximum Gasteiger partial charge on any atom is 0.323 e. The molecule has 6 heteroatoms. The van der Waals surface area contributed by atoms with E-state index in [0.29, 0.717) is 0 Å². The summed E-state index contributed by atoms with van der Waals surface area (Å²) in [7, 11) is 0. The summed E-state index contributed by atoms with van der Waals surface area (Å²) in [6.07, 6.45) is 0.849. The van der Waals surface area contributed by atoms with Gasteiger partial charge < -0.3 is 5.32 Å². The molecular formula is C8H17N3O2S. The fraction of sp³-hybridized carbons (Fsp3) is 0.750. The van der Waals surface area contributed by atoms with Crippen molar-refractivity contribution in [1.29, 1.82) is 0 Å². The average Bonchev–Trinajstić information content (AvgIpc) is 2.16. The van der Waals surface area contributed by atoms with Gasteiger partial charge in [-0.3, -0.25) is 15.0 Å². The predicted octanol–water partition coefficient (Wildman–Crippen LogP) is -0.376. The summed E-state index contributed by atoms with van der Waals surface area (Å²) >= 11 is 1.80. The molecule has 1 atom stereocenters. The molecule has 14 heavy (non-hydrogen) atoms. The van der Waals surface area contributed by atoms with E-state index < -0.39 is 11.8 Å². The lowest BCUT2D eigenvalue weighted by molar-refractivity contribution is -0.139. The molecule has 0 saturated carbocycles. The van der Waals surface area contributed by atoms with Gasteiger partial charge in [0.15, 0.2) is 0 Å². The highest BCUT2D eigenvalue weighted by molar-refractivity contribution is 7.99. The van der Waals surface area contributed by atoms with Crippen LogP contribution in [0.25, 0.3) is 0 Å². The Morgan fingerprint density at radius 2 is 2.07 bits per heavy atom. The number of carbonyl (C=O) groups excluding carboxylic acids is 2. The van der Waals surface area contributed by atoms with E-state index in [-0.39, 0.29) is 6.04 Å². The van der Waals surface area contributed by atoms with E-state index in [0.717, 1.165) is 17.9 Å². The Morgan fingerprint density at radius 1 is 1.43 bits per heavy atom. The summed E-state index contributed by atoms with van der Waals surface area (Å²) in [4.78, 5) is 21.7. The van der Waals surface area contributed by atoms with Crippen molar-refractivity contribution in [3.05, 3.63) is 0 Å². The van der Waals surface area contributed by atoms with Crippen LogP contribution in [0.1, 0.15) is 20.3 Å². The van der Waals surface area contributed by atoms with E-state index in [1.165, 1.54) is 0 Å². The smallest absolute Gasteiger partial charge is 0.323 e. The fourth-order valence-electron chi connectivity index (χ4n) is 0.832. The first-order chi connectivity index (χ1) is 6.61. The molecule has 0 aromatic rings. The van der Waals surface area contributed by atoms with Gasteiger partial charge in [-0.1, -0.05) is 6.92 Å². The molecule has 0 aromatic heterocycles. The second-order valence-corrected chi connectivity index (χ2v) is 4.23. The van der Waals surface area contributed by atoms with Gasteiger partial charge in [0.1, 0.15) is 0 Å². The van der Waals surface area contributed by atoms with Gasteiger partial charge in [0.25, 0.3) is 0 Å². The maximum absolute atomic E-state index is 11.0. The van der Waals surface area contributed by atoms with Crippen LogP contribution in [0.3, 0.4) is 0 Å². The van der Waals surface area contributed by atoms with Gasteiger partial charge >= 0.3 is 11.8 Å². The highest BCUT2D eigenvalue weighted by atomic mass is 32.2. The third-order valence-electron chi connectivity index (χ3n) is 1.61. The number of rotatable bonds is 5. The summed E-state index contributed by atoms with van der Waals surface area (Å²) in [6, 6.07) is -0.00106. The molecule has 2 amide bonds. The highest BCUT2D eigenvalue weighted by Gasteiger charge is 2.13. The van der Waals surface area contributed by atoms with Crippen molar-refractivity contribution < 1.29 is 9.59 Å². The topological polar surface area (TPSA) is 84.2 Å². The van der Waals surface area contributed by atoms with Crippen molar-refractivity contribution in [1.82, 2.24) is 10.7 Å². The quantitative estimate of drug-likeness (QED) is 0.193. The number of amides is 2. The molecule has 1 unspecified atom stereocenters. The van der Waals surface area contributed by atoms with Crippen molar-refractivity contribution in [3.63, 3.8) is 0 Å². The highest BCUT2D eigenvalue weighted by Crippen LogP contribution is 2.03. The molecule has 0 aromatic carbocycles. The van der Waals surface area contributed by atoms with Crippen LogP contribution in [-0.2, 0) is 9.59 Å². The van der Waals surface area contributed by atoms with Crippen molar-refractivity contribution in [3.8, 4) is 0 Å². The lowest BCUT2D eigenvalue weighted by Gasteiger charge is -2.12. The van der Waals surface area contributed by atoms with Gasteiger partial charge in [0, 0.05) is 6.04 Å². The van der Waals surface area contributed by atoms with Crippen LogP contribution in [0.2, 0.25) is 0 Å². The van der Waals surface area contributed by atoms with Gasteiger partial charge in [-0.05, 0) is 24.9 Å². The van der Waals surface area contributed by atoms with Crippen LogP contribution in [0.4, 0.5) is 0 Å². The summed E-state index contributed by atoms with van der Waals surface area (Å²) in [5.74, 6) is 5.35. The second kappa shape index (κ2) is 7.64. The fourth-order valence-corrected chi connectivity index (χ4v) is 1.64. The molecule has 0 rings (SSSR count). The SMILES string of the molecule is CCSCCC(C)NC(=O)C(=O)NN. The Morgan fingerprint density at radius 3 is 2.57 bits per heavy atom. The number of nitrogens with one attached hydrogen (secondary N) is 2. The van der Waals surface area contributed by atoms with E-state index in [1.807, 2.05) is 6.92 Å². The molecule has 0 fully saturated rings. The monoisotopic (exact) mass is 219 g/mol. The second-order valence-electron chi connectivity index (χ2n) is 2.83. The molecule has 0 aliphatic rings. The summed E-state index contributed by atoms with van der Waals surface area (Å²) in [5.41, 5.74) is 1.78. The van der Waals surface area contributed by atoms with Crippen LogP contribution < -0.4 is 16.6 Å². The van der Waals surface area contributed by atoms with Gasteiger partial charge in [0.05, 0.1) is 0 Å². The van der Waals surface area contributed by atoms with Crippen LogP contribution in [-0.4, -0.2) is 29.4 Å². The van der Waals surface area contributed by atoms with Gasteiger partial charge in [-0.25, -0.2) is 5.84 Å². The minimum Gasteiger partial charge on any atom is -0.345 e. The van der Waals surface area contributed by atoms with E-state index >= 15 is 0 Å². The molecule has 0 heterocycles. The Hall–Kier alpha value is -0.750. The van der Waals surface area contributed by atoms with Crippen LogP contribution >= 0.6 is 11.8 Å². The Balaban J connectivity index is 3.65. The lowest BCUT2D eigenvalue weighted by atomic mass is 10.2. The Bertz CT molecular complexity index is 199. The van der Waals surface area contributed by atoms with E-state index in [1.54, 1.807) is 17.2 Å². The van der Waals surface area contributed by atoms with E-state index in [9.17, 15) is 9.59 Å². The minimum absolute atomic E-state index is 0.00106. The van der Waals surface area contributed by atoms with Crippen molar-refractivity contribution in [2.75, 3.05) is 11.5 Å². The molecule has 5 nitrogen and oxygen atoms in total. The van der Waals surface area contributed by atoms with Gasteiger partial charge in [-0.2, -0.15) is 11.8 Å². The largest absolute Gasteiger partial charge is 0.345 e. The molecule has 0 bridgehead atoms. The zero-order valence-electron chi connectivity index (χ0n) is 8.50. The number of thioether (sulfide) groups is 1. The number of hydrogen-bond donors (Lipinski definition) is 3. The lowest BCUT2D eigenvalue weighted by Crippen LogP contribution is -2.46. The number of hydrazine groups is 1. The standard InChI is InChI=1S/C8H17N3O2S/c1-3-14-5-4-6(2)10-7(12)8(13)11-9/h6H,3-5,9H2,1-2H3,(H,10,12)(H,11,13).